The number of unbranched alkanes of at least 4 members (excludes halogenated alkanes) is 2. The molecule has 4 unspecified atom stereocenters. The van der Waals surface area contributed by atoms with E-state index in [-0.39, 0.29) is 11.9 Å². The molecule has 0 aromatic heterocycles. The van der Waals surface area contributed by atoms with E-state index in [1.807, 2.05) is 12.1 Å². The van der Waals surface area contributed by atoms with Crippen molar-refractivity contribution >= 4 is 5.97 Å². The summed E-state index contributed by atoms with van der Waals surface area (Å²) in [6, 6.07) is 7.98. The molecule has 144 valence electrons. The Morgan fingerprint density at radius 2 is 1.69 bits per heavy atom. The summed E-state index contributed by atoms with van der Waals surface area (Å²) in [5.41, 5.74) is 1.28. The van der Waals surface area contributed by atoms with Crippen LogP contribution in [-0.4, -0.2) is 5.97 Å². The van der Waals surface area contributed by atoms with Crippen LogP contribution in [0.15, 0.2) is 24.3 Å². The van der Waals surface area contributed by atoms with Crippen molar-refractivity contribution in [1.82, 2.24) is 0 Å². The van der Waals surface area contributed by atoms with Crippen molar-refractivity contribution in [2.45, 2.75) is 84.5 Å². The molecule has 0 radical (unpaired) electrons. The topological polar surface area (TPSA) is 26.3 Å². The van der Waals surface area contributed by atoms with Crippen LogP contribution in [0.5, 0.6) is 5.75 Å². The van der Waals surface area contributed by atoms with Crippen LogP contribution in [0, 0.1) is 23.7 Å². The van der Waals surface area contributed by atoms with Crippen molar-refractivity contribution in [2.24, 2.45) is 23.7 Å². The summed E-state index contributed by atoms with van der Waals surface area (Å²) in [5, 5.41) is 0. The monoisotopic (exact) mass is 356 g/mol. The molecule has 1 aromatic carbocycles. The molecular formula is C24H36O2. The Hall–Kier alpha value is -1.31. The Bertz CT molecular complexity index is 562. The van der Waals surface area contributed by atoms with Gasteiger partial charge < -0.3 is 4.74 Å². The van der Waals surface area contributed by atoms with Crippen molar-refractivity contribution in [3.05, 3.63) is 29.8 Å². The van der Waals surface area contributed by atoms with E-state index in [2.05, 4.69) is 26.0 Å². The molecule has 2 aliphatic rings. The number of esters is 1. The van der Waals surface area contributed by atoms with Gasteiger partial charge in [0.15, 0.2) is 0 Å². The van der Waals surface area contributed by atoms with Crippen LogP contribution in [0.2, 0.25) is 0 Å². The van der Waals surface area contributed by atoms with Gasteiger partial charge in [0, 0.05) is 0 Å². The van der Waals surface area contributed by atoms with Gasteiger partial charge in [-0.05, 0) is 74.0 Å². The van der Waals surface area contributed by atoms with Crippen LogP contribution in [0.4, 0.5) is 0 Å². The number of rotatable bonds is 7. The maximum atomic E-state index is 12.6. The van der Waals surface area contributed by atoms with E-state index in [9.17, 15) is 4.79 Å². The van der Waals surface area contributed by atoms with Crippen molar-refractivity contribution in [3.63, 3.8) is 0 Å². The SMILES string of the molecule is CCCCCC1CCC2CC(C(=O)Oc3ccc(CC)cc3)CCC2C1. The highest BCUT2D eigenvalue weighted by Gasteiger charge is 2.38. The summed E-state index contributed by atoms with van der Waals surface area (Å²) in [7, 11) is 0. The first-order chi connectivity index (χ1) is 12.7. The summed E-state index contributed by atoms with van der Waals surface area (Å²) in [5.74, 6) is 3.38. The van der Waals surface area contributed by atoms with Gasteiger partial charge in [0.2, 0.25) is 0 Å². The number of hydrogen-bond acceptors (Lipinski definition) is 2. The van der Waals surface area contributed by atoms with Crippen LogP contribution < -0.4 is 4.74 Å². The van der Waals surface area contributed by atoms with E-state index in [0.29, 0.717) is 5.75 Å². The van der Waals surface area contributed by atoms with Crippen LogP contribution in [0.3, 0.4) is 0 Å². The molecule has 2 heteroatoms. The molecule has 0 saturated heterocycles. The van der Waals surface area contributed by atoms with Gasteiger partial charge in [0.25, 0.3) is 0 Å². The van der Waals surface area contributed by atoms with Gasteiger partial charge in [-0.15, -0.1) is 0 Å². The van der Waals surface area contributed by atoms with E-state index in [4.69, 9.17) is 4.74 Å². The van der Waals surface area contributed by atoms with Crippen molar-refractivity contribution in [2.75, 3.05) is 0 Å². The molecule has 0 heterocycles. The number of hydrogen-bond donors (Lipinski definition) is 0. The largest absolute Gasteiger partial charge is 0.426 e. The lowest BCUT2D eigenvalue weighted by molar-refractivity contribution is -0.141. The Kier molecular flexibility index (Phi) is 7.16. The average molecular weight is 357 g/mol. The van der Waals surface area contributed by atoms with E-state index in [1.54, 1.807) is 0 Å². The summed E-state index contributed by atoms with van der Waals surface area (Å²) in [4.78, 5) is 12.6. The third-order valence-electron chi connectivity index (χ3n) is 6.82. The lowest BCUT2D eigenvalue weighted by Gasteiger charge is -2.41. The lowest BCUT2D eigenvalue weighted by Crippen LogP contribution is -2.35. The zero-order valence-electron chi connectivity index (χ0n) is 16.7. The van der Waals surface area contributed by atoms with E-state index < -0.39 is 0 Å². The summed E-state index contributed by atoms with van der Waals surface area (Å²) in [6.07, 6.45) is 14.0. The predicted molar refractivity (Wildman–Crippen MR) is 107 cm³/mol. The van der Waals surface area contributed by atoms with Gasteiger partial charge in [0.1, 0.15) is 5.75 Å². The van der Waals surface area contributed by atoms with E-state index in [0.717, 1.165) is 37.0 Å². The summed E-state index contributed by atoms with van der Waals surface area (Å²) in [6.45, 7) is 4.42. The lowest BCUT2D eigenvalue weighted by atomic mass is 9.64. The molecule has 4 atom stereocenters. The van der Waals surface area contributed by atoms with Gasteiger partial charge in [0.05, 0.1) is 5.92 Å². The van der Waals surface area contributed by atoms with E-state index >= 15 is 0 Å². The highest BCUT2D eigenvalue weighted by atomic mass is 16.5. The van der Waals surface area contributed by atoms with Gasteiger partial charge in [-0.25, -0.2) is 0 Å². The molecule has 2 nitrogen and oxygen atoms in total. The van der Waals surface area contributed by atoms with Crippen molar-refractivity contribution < 1.29 is 9.53 Å². The van der Waals surface area contributed by atoms with Crippen LogP contribution in [0.1, 0.15) is 83.6 Å². The van der Waals surface area contributed by atoms with Crippen molar-refractivity contribution in [1.29, 1.82) is 0 Å². The molecular weight excluding hydrogens is 320 g/mol. The Morgan fingerprint density at radius 1 is 0.962 bits per heavy atom. The van der Waals surface area contributed by atoms with Gasteiger partial charge in [-0.2, -0.15) is 0 Å². The minimum atomic E-state index is -0.00207. The van der Waals surface area contributed by atoms with Gasteiger partial charge in [-0.3, -0.25) is 4.79 Å². The molecule has 2 saturated carbocycles. The quantitative estimate of drug-likeness (QED) is 0.314. The van der Waals surface area contributed by atoms with Crippen LogP contribution in [-0.2, 0) is 11.2 Å². The Balaban J connectivity index is 1.47. The molecule has 0 aliphatic heterocycles. The summed E-state index contributed by atoms with van der Waals surface area (Å²) >= 11 is 0. The fourth-order valence-corrected chi connectivity index (χ4v) is 5.14. The first kappa shape index (κ1) is 19.5. The first-order valence-electron chi connectivity index (χ1n) is 11.0. The fourth-order valence-electron chi connectivity index (χ4n) is 5.14. The maximum absolute atomic E-state index is 12.6. The second-order valence-electron chi connectivity index (χ2n) is 8.62. The molecule has 0 bridgehead atoms. The number of fused-ring (bicyclic) bond motifs is 1. The minimum Gasteiger partial charge on any atom is -0.426 e. The maximum Gasteiger partial charge on any atom is 0.314 e. The molecule has 2 fully saturated rings. The van der Waals surface area contributed by atoms with Gasteiger partial charge in [-0.1, -0.05) is 58.1 Å². The molecule has 1 aromatic rings. The van der Waals surface area contributed by atoms with Gasteiger partial charge >= 0.3 is 5.97 Å². The minimum absolute atomic E-state index is 0.00207. The number of aryl methyl sites for hydroxylation is 1. The zero-order valence-corrected chi connectivity index (χ0v) is 16.7. The number of benzene rings is 1. The Morgan fingerprint density at radius 3 is 2.42 bits per heavy atom. The summed E-state index contributed by atoms with van der Waals surface area (Å²) < 4.78 is 5.68. The molecule has 0 N–H and O–H groups in total. The second-order valence-corrected chi connectivity index (χ2v) is 8.62. The van der Waals surface area contributed by atoms with Crippen LogP contribution in [0.25, 0.3) is 0 Å². The smallest absolute Gasteiger partial charge is 0.314 e. The second kappa shape index (κ2) is 9.58. The average Bonchev–Trinajstić information content (AvgIpc) is 2.68. The third-order valence-corrected chi connectivity index (χ3v) is 6.82. The third kappa shape index (κ3) is 5.11. The Labute approximate surface area is 159 Å². The molecule has 0 spiro atoms. The molecule has 0 amide bonds. The normalized spacial score (nSPS) is 28.4. The highest BCUT2D eigenvalue weighted by Crippen LogP contribution is 2.46. The zero-order chi connectivity index (χ0) is 18.4. The van der Waals surface area contributed by atoms with E-state index in [1.165, 1.54) is 56.9 Å². The standard InChI is InChI=1S/C24H36O2/c1-3-5-6-7-19-8-11-21-17-22(13-12-20(21)16-19)24(25)26-23-14-9-18(4-2)10-15-23/h9-10,14-15,19-22H,3-8,11-13,16-17H2,1-2H3. The highest BCUT2D eigenvalue weighted by molar-refractivity contribution is 5.75. The number of carbonyl (C=O) groups excluding carboxylic acids is 1. The number of carbonyl (C=O) groups is 1. The molecule has 3 rings (SSSR count). The molecule has 26 heavy (non-hydrogen) atoms. The first-order valence-corrected chi connectivity index (χ1v) is 11.0. The number of ether oxygens (including phenoxy) is 1. The predicted octanol–water partition coefficient (Wildman–Crippen LogP) is 6.57. The molecule has 2 aliphatic carbocycles. The van der Waals surface area contributed by atoms with Crippen LogP contribution >= 0.6 is 0 Å². The van der Waals surface area contributed by atoms with Crippen molar-refractivity contribution in [3.8, 4) is 5.75 Å². The fraction of sp³-hybridized carbons (Fsp3) is 0.708.